The van der Waals surface area contributed by atoms with Crippen LogP contribution in [0.3, 0.4) is 0 Å². The van der Waals surface area contributed by atoms with Crippen molar-refractivity contribution in [3.63, 3.8) is 0 Å². The van der Waals surface area contributed by atoms with E-state index in [-0.39, 0.29) is 1.43 Å². The van der Waals surface area contributed by atoms with E-state index in [0.29, 0.717) is 6.42 Å². The van der Waals surface area contributed by atoms with E-state index in [1.807, 2.05) is 31.2 Å². The van der Waals surface area contributed by atoms with E-state index < -0.39 is 6.29 Å². The summed E-state index contributed by atoms with van der Waals surface area (Å²) in [6.07, 6.45) is -0.699. The zero-order valence-electron chi connectivity index (χ0n) is 8.07. The van der Waals surface area contributed by atoms with Crippen LogP contribution < -0.4 is 5.73 Å². The molecule has 4 N–H and O–H groups in total. The summed E-state index contributed by atoms with van der Waals surface area (Å²) in [5.74, 6) is 0. The monoisotopic (exact) mass is 185 g/mol. The van der Waals surface area contributed by atoms with E-state index in [2.05, 4.69) is 0 Å². The normalized spacial score (nSPS) is 9.31. The molecule has 0 saturated carbocycles. The molecule has 0 aliphatic rings. The summed E-state index contributed by atoms with van der Waals surface area (Å²) >= 11 is 0. The molecule has 0 heterocycles. The highest BCUT2D eigenvalue weighted by atomic mass is 16.5. The van der Waals surface area contributed by atoms with Crippen LogP contribution in [0.4, 0.5) is 5.69 Å². The van der Waals surface area contributed by atoms with Crippen LogP contribution in [0.25, 0.3) is 0 Å². The molecule has 0 amide bonds. The molecule has 0 radical (unpaired) electrons. The number of aliphatic hydroxyl groups is 2. The Bertz CT molecular complexity index is 203. The molecular weight excluding hydrogens is 166 g/mol. The fourth-order valence-corrected chi connectivity index (χ4v) is 0.566. The second-order valence-corrected chi connectivity index (χ2v) is 2.80. The molecule has 0 saturated heterocycles. The number of rotatable bonds is 1. The van der Waals surface area contributed by atoms with Gasteiger partial charge in [-0.05, 0) is 25.5 Å². The van der Waals surface area contributed by atoms with Crippen LogP contribution in [-0.2, 0) is 0 Å². The first-order valence-corrected chi connectivity index (χ1v) is 4.24. The number of anilines is 1. The Hall–Kier alpha value is -1.06. The maximum Gasteiger partial charge on any atom is 0.151 e. The first-order chi connectivity index (χ1) is 6.06. The Balaban J connectivity index is 0. The van der Waals surface area contributed by atoms with Crippen molar-refractivity contribution in [1.82, 2.24) is 0 Å². The van der Waals surface area contributed by atoms with Crippen molar-refractivity contribution in [1.29, 1.82) is 0 Å². The summed E-state index contributed by atoms with van der Waals surface area (Å²) in [5, 5.41) is 15.8. The zero-order chi connectivity index (χ0) is 10.3. The van der Waals surface area contributed by atoms with E-state index >= 15 is 0 Å². The van der Waals surface area contributed by atoms with Gasteiger partial charge in [-0.2, -0.15) is 0 Å². The Kier molecular flexibility index (Phi) is 5.93. The molecule has 1 aromatic carbocycles. The Morgan fingerprint density at radius 1 is 1.31 bits per heavy atom. The topological polar surface area (TPSA) is 66.5 Å². The fourth-order valence-electron chi connectivity index (χ4n) is 0.566. The molecule has 76 valence electrons. The number of nitrogen functional groups attached to an aromatic ring is 1. The minimum Gasteiger partial charge on any atom is -0.399 e. The number of hydrogen-bond acceptors (Lipinski definition) is 3. The van der Waals surface area contributed by atoms with Crippen LogP contribution >= 0.6 is 0 Å². The molecule has 0 aromatic heterocycles. The summed E-state index contributed by atoms with van der Waals surface area (Å²) in [7, 11) is 0. The maximum atomic E-state index is 7.92. The van der Waals surface area contributed by atoms with Gasteiger partial charge in [0.1, 0.15) is 0 Å². The smallest absolute Gasteiger partial charge is 0.151 e. The average molecular weight is 185 g/mol. The molecule has 0 aliphatic heterocycles. The largest absolute Gasteiger partial charge is 0.399 e. The number of hydrogen-bond donors (Lipinski definition) is 3. The highest BCUT2D eigenvalue weighted by Gasteiger charge is 1.83. The quantitative estimate of drug-likeness (QED) is 0.459. The third kappa shape index (κ3) is 7.31. The predicted octanol–water partition coefficient (Wildman–Crippen LogP) is 1.53. The van der Waals surface area contributed by atoms with Crippen molar-refractivity contribution >= 4 is 5.69 Å². The number of aryl methyl sites for hydroxylation is 1. The van der Waals surface area contributed by atoms with Gasteiger partial charge in [-0.25, -0.2) is 0 Å². The van der Waals surface area contributed by atoms with Gasteiger partial charge >= 0.3 is 0 Å². The molecule has 0 unspecified atom stereocenters. The molecule has 0 aliphatic carbocycles. The van der Waals surface area contributed by atoms with Crippen molar-refractivity contribution in [3.8, 4) is 0 Å². The van der Waals surface area contributed by atoms with Crippen molar-refractivity contribution in [3.05, 3.63) is 29.8 Å². The van der Waals surface area contributed by atoms with Gasteiger partial charge in [-0.3, -0.25) is 0 Å². The van der Waals surface area contributed by atoms with Gasteiger partial charge in [0.05, 0.1) is 0 Å². The van der Waals surface area contributed by atoms with Gasteiger partial charge in [-0.15, -0.1) is 0 Å². The van der Waals surface area contributed by atoms with Crippen LogP contribution in [0.1, 0.15) is 20.3 Å². The Labute approximate surface area is 80.3 Å². The summed E-state index contributed by atoms with van der Waals surface area (Å²) < 4.78 is 0. The first kappa shape index (κ1) is 11.9. The van der Waals surface area contributed by atoms with E-state index in [4.69, 9.17) is 15.9 Å². The van der Waals surface area contributed by atoms with Gasteiger partial charge in [0, 0.05) is 7.11 Å². The fraction of sp³-hybridized carbons (Fsp3) is 0.400. The number of benzene rings is 1. The lowest BCUT2D eigenvalue weighted by Gasteiger charge is -1.90. The minimum absolute atomic E-state index is 0. The van der Waals surface area contributed by atoms with Gasteiger partial charge in [-0.1, -0.05) is 24.6 Å². The number of aliphatic hydroxyl groups excluding tert-OH is 1. The standard InChI is InChI=1S/C7H9N.C3H8O2.H2/c1-6-2-4-7(8)5-3-6;1-2-3(4)5;/h2-5H,8H2,1H3;3-5H,2H2,1H3;1H. The molecule has 3 heteroatoms. The first-order valence-electron chi connectivity index (χ1n) is 4.24. The third-order valence-corrected chi connectivity index (χ3v) is 1.44. The van der Waals surface area contributed by atoms with Crippen LogP contribution in [0, 0.1) is 6.92 Å². The Morgan fingerprint density at radius 3 is 1.92 bits per heavy atom. The van der Waals surface area contributed by atoms with Gasteiger partial charge in [0.2, 0.25) is 0 Å². The molecule has 3 nitrogen and oxygen atoms in total. The summed E-state index contributed by atoms with van der Waals surface area (Å²) in [5.41, 5.74) is 7.51. The van der Waals surface area contributed by atoms with E-state index in [0.717, 1.165) is 5.69 Å². The minimum atomic E-state index is -1.12. The Morgan fingerprint density at radius 2 is 1.69 bits per heavy atom. The van der Waals surface area contributed by atoms with Gasteiger partial charge in [0.15, 0.2) is 6.29 Å². The van der Waals surface area contributed by atoms with Crippen LogP contribution in [0.5, 0.6) is 0 Å². The molecule has 1 rings (SSSR count). The molecular formula is C10H19NO2. The van der Waals surface area contributed by atoms with Crippen molar-refractivity contribution in [2.24, 2.45) is 0 Å². The highest BCUT2D eigenvalue weighted by molar-refractivity contribution is 5.38. The predicted molar refractivity (Wildman–Crippen MR) is 56.2 cm³/mol. The summed E-state index contributed by atoms with van der Waals surface area (Å²) in [6.45, 7) is 3.74. The summed E-state index contributed by atoms with van der Waals surface area (Å²) in [6, 6.07) is 7.79. The second kappa shape index (κ2) is 6.46. The molecule has 0 fully saturated rings. The second-order valence-electron chi connectivity index (χ2n) is 2.80. The van der Waals surface area contributed by atoms with E-state index in [1.54, 1.807) is 6.92 Å². The van der Waals surface area contributed by atoms with E-state index in [9.17, 15) is 0 Å². The van der Waals surface area contributed by atoms with Crippen molar-refractivity contribution < 1.29 is 11.6 Å². The molecule has 0 atom stereocenters. The lowest BCUT2D eigenvalue weighted by molar-refractivity contribution is -0.0413. The third-order valence-electron chi connectivity index (χ3n) is 1.44. The lowest BCUT2D eigenvalue weighted by Crippen LogP contribution is -1.99. The molecule has 0 spiro atoms. The van der Waals surface area contributed by atoms with Crippen LogP contribution in [-0.4, -0.2) is 16.5 Å². The summed E-state index contributed by atoms with van der Waals surface area (Å²) in [4.78, 5) is 0. The van der Waals surface area contributed by atoms with E-state index in [1.165, 1.54) is 5.56 Å². The van der Waals surface area contributed by atoms with Gasteiger partial charge < -0.3 is 15.9 Å². The zero-order valence-corrected chi connectivity index (χ0v) is 8.07. The van der Waals surface area contributed by atoms with Crippen LogP contribution in [0.15, 0.2) is 24.3 Å². The van der Waals surface area contributed by atoms with Gasteiger partial charge in [0.25, 0.3) is 0 Å². The molecule has 0 bridgehead atoms. The van der Waals surface area contributed by atoms with Crippen molar-refractivity contribution in [2.75, 3.05) is 5.73 Å². The number of nitrogens with two attached hydrogens (primary N) is 1. The maximum absolute atomic E-state index is 7.92. The molecule has 13 heavy (non-hydrogen) atoms. The highest BCUT2D eigenvalue weighted by Crippen LogP contribution is 2.02. The SMILES string of the molecule is CCC(O)O.Cc1ccc(N)cc1.[HH]. The van der Waals surface area contributed by atoms with Crippen LogP contribution in [0.2, 0.25) is 0 Å². The average Bonchev–Trinajstić information content (AvgIpc) is 2.11. The molecule has 1 aromatic rings. The lowest BCUT2D eigenvalue weighted by atomic mass is 10.2. The van der Waals surface area contributed by atoms with Crippen molar-refractivity contribution in [2.45, 2.75) is 26.6 Å².